The molecule has 0 heterocycles. The van der Waals surface area contributed by atoms with Gasteiger partial charge in [0.2, 0.25) is 5.91 Å². The Labute approximate surface area is 265 Å². The molecule has 0 aliphatic heterocycles. The van der Waals surface area contributed by atoms with Crippen LogP contribution < -0.4 is 5.32 Å². The van der Waals surface area contributed by atoms with E-state index < -0.39 is 28.5 Å². The summed E-state index contributed by atoms with van der Waals surface area (Å²) in [6.07, 6.45) is 5.26. The zero-order valence-corrected chi connectivity index (χ0v) is 28.2. The minimum atomic E-state index is -1.02. The summed E-state index contributed by atoms with van der Waals surface area (Å²) in [5, 5.41) is 36.0. The predicted molar refractivity (Wildman–Crippen MR) is 171 cm³/mol. The third kappa shape index (κ3) is 4.12. The molecule has 1 aromatic carbocycles. The zero-order chi connectivity index (χ0) is 31.3. The maximum atomic E-state index is 14.7. The minimum Gasteiger partial charge on any atom is -0.396 e. The van der Waals surface area contributed by atoms with Crippen molar-refractivity contribution in [1.29, 1.82) is 0 Å². The smallest absolute Gasteiger partial charge is 0.231 e. The molecule has 0 spiro atoms. The van der Waals surface area contributed by atoms with Crippen molar-refractivity contribution in [3.8, 4) is 0 Å². The number of halogens is 1. The fourth-order valence-electron chi connectivity index (χ4n) is 11.7. The van der Waals surface area contributed by atoms with Gasteiger partial charge in [0.1, 0.15) is 0 Å². The summed E-state index contributed by atoms with van der Waals surface area (Å²) in [5.74, 6) is 0.410. The lowest BCUT2D eigenvalue weighted by molar-refractivity contribution is -0.238. The van der Waals surface area contributed by atoms with Crippen LogP contribution in [-0.4, -0.2) is 45.8 Å². The summed E-state index contributed by atoms with van der Waals surface area (Å²) >= 11 is 3.49. The highest BCUT2D eigenvalue weighted by atomic mass is 79.9. The molecule has 7 heteroatoms. The van der Waals surface area contributed by atoms with Crippen LogP contribution in [0.3, 0.4) is 0 Å². The maximum Gasteiger partial charge on any atom is 0.231 e. The Hall–Kier alpha value is -1.54. The van der Waals surface area contributed by atoms with Gasteiger partial charge < -0.3 is 20.6 Å². The first-order valence-corrected chi connectivity index (χ1v) is 17.2. The average molecular weight is 657 g/mol. The molecule has 4 N–H and O–H groups in total. The molecule has 12 atom stereocenters. The number of benzene rings is 1. The summed E-state index contributed by atoms with van der Waals surface area (Å²) < 4.78 is 0.964. The molecule has 5 aliphatic rings. The molecule has 0 radical (unpaired) electrons. The molecule has 0 unspecified atom stereocenters. The van der Waals surface area contributed by atoms with Crippen LogP contribution in [0.25, 0.3) is 0 Å². The van der Waals surface area contributed by atoms with E-state index in [1.54, 1.807) is 0 Å². The number of aliphatic hydroxyl groups is 3. The summed E-state index contributed by atoms with van der Waals surface area (Å²) in [7, 11) is 0. The second kappa shape index (κ2) is 10.2. The molecule has 0 aromatic heterocycles. The van der Waals surface area contributed by atoms with Gasteiger partial charge in [-0.1, -0.05) is 63.0 Å². The molecule has 1 amide bonds. The Balaban J connectivity index is 1.45. The van der Waals surface area contributed by atoms with Crippen molar-refractivity contribution in [3.63, 3.8) is 0 Å². The molecular formula is C36H50BrNO5. The first kappa shape index (κ1) is 31.4. The molecule has 0 saturated heterocycles. The van der Waals surface area contributed by atoms with Crippen molar-refractivity contribution in [1.82, 2.24) is 0 Å². The molecule has 236 valence electrons. The lowest BCUT2D eigenvalue weighted by Crippen LogP contribution is -2.70. The number of amides is 1. The fourth-order valence-corrected chi connectivity index (χ4v) is 11.9. The van der Waals surface area contributed by atoms with Crippen LogP contribution in [0, 0.1) is 56.7 Å². The fraction of sp³-hybridized carbons (Fsp3) is 0.722. The van der Waals surface area contributed by atoms with Crippen molar-refractivity contribution in [3.05, 3.63) is 40.4 Å². The van der Waals surface area contributed by atoms with E-state index in [9.17, 15) is 24.9 Å². The second-order valence-electron chi connectivity index (χ2n) is 16.1. The van der Waals surface area contributed by atoms with Gasteiger partial charge in [0, 0.05) is 21.5 Å². The van der Waals surface area contributed by atoms with Gasteiger partial charge in [-0.15, -0.1) is 0 Å². The first-order valence-electron chi connectivity index (χ1n) is 16.4. The quantitative estimate of drug-likeness (QED) is 0.296. The van der Waals surface area contributed by atoms with E-state index in [1.165, 1.54) is 0 Å². The van der Waals surface area contributed by atoms with Gasteiger partial charge in [0.15, 0.2) is 5.78 Å². The summed E-state index contributed by atoms with van der Waals surface area (Å²) in [4.78, 5) is 29.0. The van der Waals surface area contributed by atoms with Gasteiger partial charge in [-0.3, -0.25) is 9.59 Å². The lowest BCUT2D eigenvalue weighted by Gasteiger charge is -2.71. The Morgan fingerprint density at radius 1 is 1.00 bits per heavy atom. The normalized spacial score (nSPS) is 49.1. The molecule has 0 bridgehead atoms. The van der Waals surface area contributed by atoms with Gasteiger partial charge in [-0.05, 0) is 115 Å². The number of aliphatic hydroxyl groups excluding tert-OH is 3. The van der Waals surface area contributed by atoms with Crippen LogP contribution in [0.15, 0.2) is 40.4 Å². The number of nitrogens with one attached hydrogen (secondary N) is 1. The monoisotopic (exact) mass is 655 g/mol. The van der Waals surface area contributed by atoms with Crippen LogP contribution in [-0.2, 0) is 9.59 Å². The number of carbonyl (C=O) groups excluding carboxylic acids is 2. The van der Waals surface area contributed by atoms with Gasteiger partial charge >= 0.3 is 0 Å². The van der Waals surface area contributed by atoms with Crippen LogP contribution in [0.1, 0.15) is 86.5 Å². The number of fused-ring (bicyclic) bond motifs is 7. The topological polar surface area (TPSA) is 107 Å². The second-order valence-corrected chi connectivity index (χ2v) is 17.0. The van der Waals surface area contributed by atoms with E-state index in [-0.39, 0.29) is 52.8 Å². The number of carbonyl (C=O) groups is 2. The van der Waals surface area contributed by atoms with Crippen molar-refractivity contribution in [2.75, 3.05) is 11.9 Å². The summed E-state index contributed by atoms with van der Waals surface area (Å²) in [6.45, 7) is 13.0. The Kier molecular flexibility index (Phi) is 7.48. The van der Waals surface area contributed by atoms with Crippen LogP contribution in [0.5, 0.6) is 0 Å². The molecular weight excluding hydrogens is 606 g/mol. The van der Waals surface area contributed by atoms with E-state index in [4.69, 9.17) is 0 Å². The molecule has 4 saturated carbocycles. The van der Waals surface area contributed by atoms with Gasteiger partial charge in [0.25, 0.3) is 0 Å². The third-order valence-corrected chi connectivity index (χ3v) is 14.9. The molecule has 6 rings (SSSR count). The number of anilines is 1. The number of rotatable bonds is 3. The van der Waals surface area contributed by atoms with Crippen molar-refractivity contribution in [2.45, 2.75) is 98.7 Å². The Morgan fingerprint density at radius 2 is 1.67 bits per heavy atom. The highest BCUT2D eigenvalue weighted by Gasteiger charge is 2.72. The first-order chi connectivity index (χ1) is 20.1. The van der Waals surface area contributed by atoms with Gasteiger partial charge in [0.05, 0.1) is 24.2 Å². The molecule has 5 aliphatic carbocycles. The van der Waals surface area contributed by atoms with Crippen molar-refractivity contribution < 1.29 is 24.9 Å². The summed E-state index contributed by atoms with van der Waals surface area (Å²) in [5.41, 5.74) is -0.715. The van der Waals surface area contributed by atoms with Gasteiger partial charge in [-0.2, -0.15) is 0 Å². The van der Waals surface area contributed by atoms with E-state index in [0.29, 0.717) is 12.3 Å². The largest absolute Gasteiger partial charge is 0.396 e. The standard InChI is InChI=1S/C36H50BrNO5/c1-20-11-14-36(31(43)38-23-9-7-22(37)8-10-23)16-15-34(5)24(28(36)21(20)2)17-25(40)29-32(3)18-26(41)30(42)33(4,19-39)27(32)12-13-35(29,34)6/h7-10,17,20-21,26-30,39,41-42H,11-16,18-19H2,1-6H3,(H,38,43)/t20-,21+,26-,27-,28+,29-,30+,32+,33+,34-,35-,36+/m1/s1. The number of ketones is 1. The number of hydrogen-bond donors (Lipinski definition) is 4. The molecule has 43 heavy (non-hydrogen) atoms. The SMILES string of the molecule is C[C@H]1[C@H](C)CC[C@]2(C(=O)Nc3ccc(Br)cc3)CC[C@]3(C)C(=CC(=O)[C@@H]4[C@@]5(C)C[C@@H](O)[C@H](O)[C@@](C)(CO)[C@@H]5CC[C@]43C)[C@H]12. The third-order valence-electron chi connectivity index (χ3n) is 14.4. The van der Waals surface area contributed by atoms with E-state index in [2.05, 4.69) is 55.9 Å². The van der Waals surface area contributed by atoms with Crippen LogP contribution >= 0.6 is 15.9 Å². The summed E-state index contributed by atoms with van der Waals surface area (Å²) in [6, 6.07) is 7.74. The number of allylic oxidation sites excluding steroid dienone is 2. The van der Waals surface area contributed by atoms with Crippen LogP contribution in [0.2, 0.25) is 0 Å². The number of hydrogen-bond acceptors (Lipinski definition) is 5. The molecule has 1 aromatic rings. The zero-order valence-electron chi connectivity index (χ0n) is 26.6. The highest BCUT2D eigenvalue weighted by Crippen LogP contribution is 2.75. The minimum absolute atomic E-state index is 0.0285. The predicted octanol–water partition coefficient (Wildman–Crippen LogP) is 6.53. The van der Waals surface area contributed by atoms with E-state index >= 15 is 0 Å². The molecule has 6 nitrogen and oxygen atoms in total. The Bertz CT molecular complexity index is 1350. The van der Waals surface area contributed by atoms with Crippen LogP contribution in [0.4, 0.5) is 5.69 Å². The van der Waals surface area contributed by atoms with E-state index in [1.807, 2.05) is 37.3 Å². The average Bonchev–Trinajstić information content (AvgIpc) is 2.95. The lowest BCUT2D eigenvalue weighted by atomic mass is 9.33. The van der Waals surface area contributed by atoms with Gasteiger partial charge in [-0.25, -0.2) is 0 Å². The Morgan fingerprint density at radius 3 is 2.33 bits per heavy atom. The van der Waals surface area contributed by atoms with Crippen molar-refractivity contribution in [2.24, 2.45) is 56.7 Å². The molecule has 4 fully saturated rings. The maximum absolute atomic E-state index is 14.7. The highest BCUT2D eigenvalue weighted by molar-refractivity contribution is 9.10. The van der Waals surface area contributed by atoms with E-state index in [0.717, 1.165) is 54.3 Å². The van der Waals surface area contributed by atoms with Crippen molar-refractivity contribution >= 4 is 33.3 Å².